The fraction of sp³-hybridized carbons (Fsp3) is 1.00. The van der Waals surface area contributed by atoms with E-state index in [4.69, 9.17) is 21.1 Å². The summed E-state index contributed by atoms with van der Waals surface area (Å²) in [4.78, 5) is 0. The molecule has 0 aliphatic heterocycles. The zero-order valence-corrected chi connectivity index (χ0v) is 8.23. The van der Waals surface area contributed by atoms with Crippen molar-refractivity contribution < 1.29 is 9.47 Å². The molecular formula is C8H17ClO2. The average Bonchev–Trinajstić information content (AvgIpc) is 1.87. The lowest BCUT2D eigenvalue weighted by atomic mass is 10.4. The lowest BCUT2D eigenvalue weighted by molar-refractivity contribution is -0.138. The van der Waals surface area contributed by atoms with Gasteiger partial charge in [0.2, 0.25) is 0 Å². The van der Waals surface area contributed by atoms with Crippen molar-refractivity contribution in [2.45, 2.75) is 45.5 Å². The van der Waals surface area contributed by atoms with Gasteiger partial charge in [-0.3, -0.25) is 0 Å². The maximum Gasteiger partial charge on any atom is 0.156 e. The van der Waals surface area contributed by atoms with Gasteiger partial charge in [-0.25, -0.2) is 0 Å². The summed E-state index contributed by atoms with van der Waals surface area (Å²) in [5, 5.41) is 0. The van der Waals surface area contributed by atoms with E-state index in [1.165, 1.54) is 0 Å². The highest BCUT2D eigenvalue weighted by Crippen LogP contribution is 2.09. The molecule has 2 unspecified atom stereocenters. The van der Waals surface area contributed by atoms with E-state index in [0.29, 0.717) is 6.61 Å². The minimum absolute atomic E-state index is 0.186. The summed E-state index contributed by atoms with van der Waals surface area (Å²) >= 11 is 5.81. The van der Waals surface area contributed by atoms with Gasteiger partial charge in [0.15, 0.2) is 6.29 Å². The van der Waals surface area contributed by atoms with Crippen molar-refractivity contribution in [3.05, 3.63) is 0 Å². The van der Waals surface area contributed by atoms with Crippen LogP contribution in [-0.2, 0) is 9.47 Å². The highest BCUT2D eigenvalue weighted by molar-refractivity contribution is 6.19. The molecule has 0 aromatic rings. The second kappa shape index (κ2) is 6.89. The standard InChI is InChI=1S/C8H17ClO2/c1-4-6-8(9)11-7(3)10-5-2/h7-8H,4-6H2,1-3H3. The minimum atomic E-state index is -0.207. The molecule has 0 bridgehead atoms. The molecule has 0 spiro atoms. The van der Waals surface area contributed by atoms with Crippen LogP contribution in [0.1, 0.15) is 33.6 Å². The molecule has 2 nitrogen and oxygen atoms in total. The maximum absolute atomic E-state index is 5.81. The molecule has 0 heterocycles. The Hall–Kier alpha value is 0.210. The third kappa shape index (κ3) is 6.60. The predicted octanol–water partition coefficient (Wildman–Crippen LogP) is 2.75. The van der Waals surface area contributed by atoms with Gasteiger partial charge in [-0.1, -0.05) is 24.9 Å². The molecule has 0 rings (SSSR count). The molecule has 3 heteroatoms. The van der Waals surface area contributed by atoms with Crippen molar-refractivity contribution >= 4 is 11.6 Å². The van der Waals surface area contributed by atoms with Gasteiger partial charge < -0.3 is 9.47 Å². The van der Waals surface area contributed by atoms with Gasteiger partial charge in [0, 0.05) is 6.61 Å². The molecule has 0 saturated carbocycles. The first-order valence-electron chi connectivity index (χ1n) is 4.11. The Morgan fingerprint density at radius 1 is 1.36 bits per heavy atom. The quantitative estimate of drug-likeness (QED) is 0.462. The molecule has 0 saturated heterocycles. The molecular weight excluding hydrogens is 164 g/mol. The summed E-state index contributed by atoms with van der Waals surface area (Å²) in [6, 6.07) is 0. The largest absolute Gasteiger partial charge is 0.353 e. The van der Waals surface area contributed by atoms with Gasteiger partial charge in [-0.15, -0.1) is 0 Å². The second-order valence-corrected chi connectivity index (χ2v) is 2.84. The summed E-state index contributed by atoms with van der Waals surface area (Å²) in [6.07, 6.45) is 1.72. The SMILES string of the molecule is CCCC(Cl)OC(C)OCC. The van der Waals surface area contributed by atoms with E-state index < -0.39 is 0 Å². The van der Waals surface area contributed by atoms with Gasteiger partial charge in [-0.05, 0) is 20.3 Å². The number of ether oxygens (including phenoxy) is 2. The van der Waals surface area contributed by atoms with Gasteiger partial charge >= 0.3 is 0 Å². The Morgan fingerprint density at radius 2 is 2.00 bits per heavy atom. The number of hydrogen-bond donors (Lipinski definition) is 0. The van der Waals surface area contributed by atoms with E-state index in [1.54, 1.807) is 0 Å². The van der Waals surface area contributed by atoms with Crippen LogP contribution in [0, 0.1) is 0 Å². The predicted molar refractivity (Wildman–Crippen MR) is 46.7 cm³/mol. The van der Waals surface area contributed by atoms with Crippen molar-refractivity contribution in [2.75, 3.05) is 6.61 Å². The van der Waals surface area contributed by atoms with Crippen molar-refractivity contribution in [1.29, 1.82) is 0 Å². The smallest absolute Gasteiger partial charge is 0.156 e. The fourth-order valence-corrected chi connectivity index (χ4v) is 1.14. The molecule has 11 heavy (non-hydrogen) atoms. The first kappa shape index (κ1) is 11.2. The molecule has 0 aromatic carbocycles. The highest BCUT2D eigenvalue weighted by atomic mass is 35.5. The Bertz CT molecular complexity index is 78.2. The molecule has 0 aromatic heterocycles. The van der Waals surface area contributed by atoms with Gasteiger partial charge in [-0.2, -0.15) is 0 Å². The normalized spacial score (nSPS) is 16.4. The van der Waals surface area contributed by atoms with Crippen molar-refractivity contribution in [3.63, 3.8) is 0 Å². The molecule has 0 aliphatic carbocycles. The van der Waals surface area contributed by atoms with E-state index in [9.17, 15) is 0 Å². The molecule has 0 aliphatic rings. The van der Waals surface area contributed by atoms with E-state index in [2.05, 4.69) is 6.92 Å². The third-order valence-corrected chi connectivity index (χ3v) is 1.58. The highest BCUT2D eigenvalue weighted by Gasteiger charge is 2.08. The maximum atomic E-state index is 5.81. The third-order valence-electron chi connectivity index (χ3n) is 1.26. The second-order valence-electron chi connectivity index (χ2n) is 2.36. The Kier molecular flexibility index (Phi) is 7.02. The van der Waals surface area contributed by atoms with Crippen LogP contribution in [0.15, 0.2) is 0 Å². The van der Waals surface area contributed by atoms with Crippen LogP contribution in [0.25, 0.3) is 0 Å². The average molecular weight is 181 g/mol. The zero-order valence-electron chi connectivity index (χ0n) is 7.47. The van der Waals surface area contributed by atoms with E-state index in [-0.39, 0.29) is 11.9 Å². The Labute approximate surface area is 73.8 Å². The van der Waals surface area contributed by atoms with Crippen LogP contribution in [0.3, 0.4) is 0 Å². The molecule has 2 atom stereocenters. The molecule has 0 radical (unpaired) electrons. The van der Waals surface area contributed by atoms with Crippen LogP contribution in [0.4, 0.5) is 0 Å². The minimum Gasteiger partial charge on any atom is -0.353 e. The van der Waals surface area contributed by atoms with E-state index >= 15 is 0 Å². The van der Waals surface area contributed by atoms with Crippen molar-refractivity contribution in [1.82, 2.24) is 0 Å². The lowest BCUT2D eigenvalue weighted by Gasteiger charge is -2.16. The number of rotatable bonds is 6. The summed E-state index contributed by atoms with van der Waals surface area (Å²) < 4.78 is 10.4. The topological polar surface area (TPSA) is 18.5 Å². The van der Waals surface area contributed by atoms with Gasteiger partial charge in [0.25, 0.3) is 0 Å². The number of alkyl halides is 1. The van der Waals surface area contributed by atoms with E-state index in [1.807, 2.05) is 13.8 Å². The fourth-order valence-electron chi connectivity index (χ4n) is 0.777. The first-order valence-corrected chi connectivity index (χ1v) is 4.55. The van der Waals surface area contributed by atoms with E-state index in [0.717, 1.165) is 12.8 Å². The Balaban J connectivity index is 3.32. The van der Waals surface area contributed by atoms with Crippen LogP contribution in [-0.4, -0.2) is 18.5 Å². The first-order chi connectivity index (χ1) is 5.20. The number of hydrogen-bond acceptors (Lipinski definition) is 2. The lowest BCUT2D eigenvalue weighted by Crippen LogP contribution is -2.18. The molecule has 0 amide bonds. The van der Waals surface area contributed by atoms with Gasteiger partial charge in [0.05, 0.1) is 0 Å². The number of halogens is 1. The molecule has 68 valence electrons. The van der Waals surface area contributed by atoms with Crippen molar-refractivity contribution in [2.24, 2.45) is 0 Å². The van der Waals surface area contributed by atoms with Crippen LogP contribution in [0.5, 0.6) is 0 Å². The Morgan fingerprint density at radius 3 is 2.45 bits per heavy atom. The van der Waals surface area contributed by atoms with Gasteiger partial charge in [0.1, 0.15) is 5.56 Å². The summed E-state index contributed by atoms with van der Waals surface area (Å²) in [6.45, 7) is 6.53. The molecule has 0 fully saturated rings. The summed E-state index contributed by atoms with van der Waals surface area (Å²) in [5.41, 5.74) is -0.207. The van der Waals surface area contributed by atoms with Crippen LogP contribution in [0.2, 0.25) is 0 Å². The monoisotopic (exact) mass is 180 g/mol. The van der Waals surface area contributed by atoms with Crippen LogP contribution < -0.4 is 0 Å². The van der Waals surface area contributed by atoms with Crippen molar-refractivity contribution in [3.8, 4) is 0 Å². The zero-order chi connectivity index (χ0) is 8.69. The van der Waals surface area contributed by atoms with Crippen LogP contribution >= 0.6 is 11.6 Å². The summed E-state index contributed by atoms with van der Waals surface area (Å²) in [5.74, 6) is 0. The summed E-state index contributed by atoms with van der Waals surface area (Å²) in [7, 11) is 0. The molecule has 0 N–H and O–H groups in total.